The number of hydrogen-bond acceptors (Lipinski definition) is 0. The molecule has 7 aliphatic carbocycles. The minimum absolute atomic E-state index is 0.0932. The van der Waals surface area contributed by atoms with Crippen molar-refractivity contribution in [3.05, 3.63) is 71.8 Å². The average Bonchev–Trinajstić information content (AvgIpc) is 1.70. The molecule has 2 aromatic rings. The van der Waals surface area contributed by atoms with Gasteiger partial charge in [0, 0.05) is 16.2 Å². The predicted molar refractivity (Wildman–Crippen MR) is 386 cm³/mol. The highest BCUT2D eigenvalue weighted by Crippen LogP contribution is 2.57. The van der Waals surface area contributed by atoms with Gasteiger partial charge in [0.15, 0.2) is 0 Å². The summed E-state index contributed by atoms with van der Waals surface area (Å²) in [5.41, 5.74) is 6.51. The van der Waals surface area contributed by atoms with Crippen LogP contribution in [0, 0.1) is 59.6 Å². The summed E-state index contributed by atoms with van der Waals surface area (Å²) in [5.74, 6) is -4.99. The lowest BCUT2D eigenvalue weighted by atomic mass is 9.54. The number of halogens is 4. The maximum Gasteiger partial charge on any atom is 0.250 e. The average molecular weight is 1250 g/mol. The van der Waals surface area contributed by atoms with E-state index in [1.165, 1.54) is 184 Å². The van der Waals surface area contributed by atoms with Crippen molar-refractivity contribution in [1.29, 1.82) is 0 Å². The molecule has 0 heterocycles. The predicted octanol–water partition coefficient (Wildman–Crippen LogP) is 30.0. The van der Waals surface area contributed by atoms with Gasteiger partial charge in [-0.25, -0.2) is 17.6 Å². The Morgan fingerprint density at radius 1 is 0.258 bits per heavy atom. The van der Waals surface area contributed by atoms with Crippen LogP contribution in [0.4, 0.5) is 17.6 Å². The molecule has 0 nitrogen and oxygen atoms in total. The zero-order valence-electron chi connectivity index (χ0n) is 63.4. The van der Waals surface area contributed by atoms with Crippen LogP contribution in [0.5, 0.6) is 0 Å². The van der Waals surface area contributed by atoms with Crippen LogP contribution >= 0.6 is 0 Å². The van der Waals surface area contributed by atoms with Crippen molar-refractivity contribution >= 4 is 0 Å². The molecule has 7 fully saturated rings. The minimum atomic E-state index is -2.49. The fourth-order valence-corrected chi connectivity index (χ4v) is 17.1. The van der Waals surface area contributed by atoms with Crippen molar-refractivity contribution in [3.8, 4) is 0 Å². The number of benzene rings is 2. The van der Waals surface area contributed by atoms with Gasteiger partial charge in [-0.1, -0.05) is 347 Å². The monoisotopic (exact) mass is 1250 g/mol. The molecule has 0 aliphatic heterocycles. The fraction of sp³-hybridized carbons (Fsp3) is 0.859. The summed E-state index contributed by atoms with van der Waals surface area (Å²) in [6, 6.07) is 22.2. The zero-order valence-corrected chi connectivity index (χ0v) is 63.4. The minimum Gasteiger partial charge on any atom is -0.207 e. The van der Waals surface area contributed by atoms with Crippen LogP contribution in [-0.2, 0) is 5.41 Å². The van der Waals surface area contributed by atoms with E-state index < -0.39 is 22.7 Å². The van der Waals surface area contributed by atoms with Gasteiger partial charge < -0.3 is 0 Å². The van der Waals surface area contributed by atoms with Crippen molar-refractivity contribution in [2.45, 2.75) is 407 Å². The molecule has 2 aromatic carbocycles. The van der Waals surface area contributed by atoms with E-state index in [-0.39, 0.29) is 5.41 Å². The summed E-state index contributed by atoms with van der Waals surface area (Å²) in [4.78, 5) is 0. The quantitative estimate of drug-likeness (QED) is 0.231. The largest absolute Gasteiger partial charge is 0.250 e. The third-order valence-electron chi connectivity index (χ3n) is 28.2. The van der Waals surface area contributed by atoms with Gasteiger partial charge in [-0.15, -0.1) is 0 Å². The highest BCUT2D eigenvalue weighted by molar-refractivity contribution is 5.41. The molecule has 0 aromatic heterocycles. The van der Waals surface area contributed by atoms with Gasteiger partial charge in [0.05, 0.1) is 0 Å². The Morgan fingerprint density at radius 2 is 0.438 bits per heavy atom. The van der Waals surface area contributed by atoms with Gasteiger partial charge in [0.25, 0.3) is 11.8 Å². The molecular weight excluding hydrogens is 1100 g/mol. The molecular formula is C85H150F4. The summed E-state index contributed by atoms with van der Waals surface area (Å²) in [6.45, 7) is 49.1. The molecule has 518 valence electrons. The molecule has 0 atom stereocenters. The molecule has 7 saturated carbocycles. The second-order valence-corrected chi connectivity index (χ2v) is 36.5. The normalized spacial score (nSPS) is 23.2. The van der Waals surface area contributed by atoms with Crippen molar-refractivity contribution < 1.29 is 17.6 Å². The first-order valence-electron chi connectivity index (χ1n) is 37.9. The van der Waals surface area contributed by atoms with Gasteiger partial charge in [-0.05, 0) is 164 Å². The van der Waals surface area contributed by atoms with E-state index in [1.54, 1.807) is 13.8 Å². The Bertz CT molecular complexity index is 1930. The summed E-state index contributed by atoms with van der Waals surface area (Å²) in [6.07, 6.45) is 47.5. The van der Waals surface area contributed by atoms with Crippen molar-refractivity contribution in [3.63, 3.8) is 0 Å². The second-order valence-electron chi connectivity index (χ2n) is 36.5. The van der Waals surface area contributed by atoms with Crippen LogP contribution in [0.3, 0.4) is 0 Å². The lowest BCUT2D eigenvalue weighted by Gasteiger charge is -2.50. The first-order valence-corrected chi connectivity index (χ1v) is 37.9. The van der Waals surface area contributed by atoms with Crippen LogP contribution in [0.1, 0.15) is 401 Å². The molecule has 0 unspecified atom stereocenters. The number of rotatable bonds is 8. The number of alkyl halides is 4. The molecule has 0 radical (unpaired) electrons. The third-order valence-corrected chi connectivity index (χ3v) is 28.2. The highest BCUT2D eigenvalue weighted by atomic mass is 19.3. The van der Waals surface area contributed by atoms with Crippen molar-refractivity contribution in [2.75, 3.05) is 0 Å². The summed E-state index contributed by atoms with van der Waals surface area (Å²) < 4.78 is 52.0. The fourth-order valence-electron chi connectivity index (χ4n) is 17.1. The number of hydrogen-bond donors (Lipinski definition) is 0. The Kier molecular flexibility index (Phi) is 31.3. The van der Waals surface area contributed by atoms with E-state index in [4.69, 9.17) is 0 Å². The van der Waals surface area contributed by atoms with Gasteiger partial charge in [-0.3, -0.25) is 0 Å². The maximum atomic E-state index is 13.0. The van der Waals surface area contributed by atoms with Crippen LogP contribution in [0.25, 0.3) is 0 Å². The van der Waals surface area contributed by atoms with E-state index >= 15 is 0 Å². The highest BCUT2D eigenvalue weighted by Gasteiger charge is 2.49. The Balaban J connectivity index is 0.000000276. The summed E-state index contributed by atoms with van der Waals surface area (Å²) in [7, 11) is 0. The SMILES string of the molecule is CC(C)(C)C1(C)CCCCC1.CC(C)(C)C1(C)CCCCC1.CC(C)(C)C1(C)CCCCC1.CC(F)(F)C1(C)CCCCC1.CC(F)(F)C1(C)CCCCC1.CC1(C(C)(c2ccccc2)c2ccccc2)CCCCC1.CCC(C)(CC)C1(C)CCCCC1. The van der Waals surface area contributed by atoms with Crippen LogP contribution in [0.15, 0.2) is 60.7 Å². The van der Waals surface area contributed by atoms with Gasteiger partial charge >= 0.3 is 0 Å². The molecule has 0 amide bonds. The van der Waals surface area contributed by atoms with Crippen LogP contribution in [-0.4, -0.2) is 11.8 Å². The van der Waals surface area contributed by atoms with Crippen LogP contribution < -0.4 is 0 Å². The first-order chi connectivity index (χ1) is 41.0. The van der Waals surface area contributed by atoms with E-state index in [2.05, 4.69) is 185 Å². The lowest BCUT2D eigenvalue weighted by Crippen LogP contribution is -2.43. The van der Waals surface area contributed by atoms with Gasteiger partial charge in [-0.2, -0.15) is 0 Å². The van der Waals surface area contributed by atoms with Gasteiger partial charge in [0.1, 0.15) is 0 Å². The molecule has 0 spiro atoms. The Hall–Kier alpha value is -1.84. The molecule has 0 N–H and O–H groups in total. The zero-order chi connectivity index (χ0) is 67.4. The van der Waals surface area contributed by atoms with Crippen molar-refractivity contribution in [1.82, 2.24) is 0 Å². The summed E-state index contributed by atoms with van der Waals surface area (Å²) >= 11 is 0. The Labute approximate surface area is 553 Å². The molecule has 4 heteroatoms. The second kappa shape index (κ2) is 34.2. The standard InChI is InChI=1S/C21H26.C13H26.3C11H22.2C9H16F2/c1-20(16-10-5-11-17-20)21(2,18-12-6-3-7-13-18)19-14-8-4-9-15-19;1-5-12(3,6-2)13(4)10-8-7-9-11-13;3*1-10(2,3)11(4)8-6-5-7-9-11;2*1-8(9(2,10)11)6-4-3-5-7-8/h3-4,6-9,12-15H,5,10-11,16-17H2,1-2H3;5-11H2,1-4H3;3*5-9H2,1-4H3;2*3-7H2,1-2H3. The lowest BCUT2D eigenvalue weighted by molar-refractivity contribution is -0.114. The maximum absolute atomic E-state index is 13.0. The molecule has 0 saturated heterocycles. The molecule has 9 rings (SSSR count). The topological polar surface area (TPSA) is 0 Å². The molecule has 89 heavy (non-hydrogen) atoms. The van der Waals surface area contributed by atoms with Crippen LogP contribution in [0.2, 0.25) is 0 Å². The summed E-state index contributed by atoms with van der Waals surface area (Å²) in [5, 5.41) is 0. The molecule has 7 aliphatic rings. The first kappa shape index (κ1) is 81.4. The van der Waals surface area contributed by atoms with E-state index in [0.717, 1.165) is 52.4 Å². The van der Waals surface area contributed by atoms with E-state index in [1.807, 2.05) is 0 Å². The molecule has 0 bridgehead atoms. The van der Waals surface area contributed by atoms with Gasteiger partial charge in [0.2, 0.25) is 0 Å². The van der Waals surface area contributed by atoms with E-state index in [9.17, 15) is 17.6 Å². The Morgan fingerprint density at radius 3 is 0.596 bits per heavy atom. The third kappa shape index (κ3) is 22.4. The van der Waals surface area contributed by atoms with E-state index in [0.29, 0.717) is 74.4 Å². The smallest absolute Gasteiger partial charge is 0.207 e. The van der Waals surface area contributed by atoms with Crippen molar-refractivity contribution in [2.24, 2.45) is 59.6 Å².